The van der Waals surface area contributed by atoms with Crippen LogP contribution in [0.2, 0.25) is 0 Å². The zero-order chi connectivity index (χ0) is 17.1. The highest BCUT2D eigenvalue weighted by Gasteiger charge is 2.26. The molecule has 25 heavy (non-hydrogen) atoms. The van der Waals surface area contributed by atoms with Crippen LogP contribution in [-0.2, 0) is 6.54 Å². The maximum Gasteiger partial charge on any atom is 0.131 e. The molecule has 0 aliphatic carbocycles. The minimum absolute atomic E-state index is 0.425. The van der Waals surface area contributed by atoms with Crippen LogP contribution in [0.15, 0.2) is 55.1 Å². The Bertz CT molecular complexity index is 827. The van der Waals surface area contributed by atoms with E-state index >= 15 is 0 Å². The largest absolute Gasteiger partial charge is 0.356 e. The molecule has 1 fully saturated rings. The van der Waals surface area contributed by atoms with Crippen molar-refractivity contribution in [3.05, 3.63) is 72.2 Å². The molecule has 0 aromatic carbocycles. The predicted octanol–water partition coefficient (Wildman–Crippen LogP) is 3.41. The van der Waals surface area contributed by atoms with E-state index in [2.05, 4.69) is 49.7 Å². The smallest absolute Gasteiger partial charge is 0.131 e. The first-order valence-electron chi connectivity index (χ1n) is 8.89. The van der Waals surface area contributed by atoms with E-state index in [1.165, 1.54) is 12.0 Å². The molecule has 5 nitrogen and oxygen atoms in total. The fourth-order valence-electron chi connectivity index (χ4n) is 3.67. The average Bonchev–Trinajstić information content (AvgIpc) is 3.11. The molecular formula is C20H23N5. The highest BCUT2D eigenvalue weighted by Crippen LogP contribution is 2.29. The van der Waals surface area contributed by atoms with Crippen molar-refractivity contribution in [2.45, 2.75) is 32.2 Å². The van der Waals surface area contributed by atoms with Crippen molar-refractivity contribution in [2.75, 3.05) is 18.0 Å². The Kier molecular flexibility index (Phi) is 4.46. The lowest BCUT2D eigenvalue weighted by Crippen LogP contribution is -2.36. The van der Waals surface area contributed by atoms with Crippen molar-refractivity contribution >= 4 is 5.82 Å². The van der Waals surface area contributed by atoms with E-state index in [1.54, 1.807) is 0 Å². The molecule has 1 atom stereocenters. The topological polar surface area (TPSA) is 46.8 Å². The molecule has 4 heterocycles. The molecular weight excluding hydrogens is 310 g/mol. The Morgan fingerprint density at radius 3 is 2.80 bits per heavy atom. The normalized spacial score (nSPS) is 17.6. The van der Waals surface area contributed by atoms with Gasteiger partial charge < -0.3 is 9.47 Å². The van der Waals surface area contributed by atoms with Gasteiger partial charge in [-0.1, -0.05) is 12.1 Å². The minimum atomic E-state index is 0.425. The van der Waals surface area contributed by atoms with Crippen molar-refractivity contribution in [1.29, 1.82) is 0 Å². The van der Waals surface area contributed by atoms with Gasteiger partial charge >= 0.3 is 0 Å². The van der Waals surface area contributed by atoms with Crippen LogP contribution in [0.25, 0.3) is 0 Å². The Labute approximate surface area is 148 Å². The van der Waals surface area contributed by atoms with E-state index in [1.807, 2.05) is 36.8 Å². The van der Waals surface area contributed by atoms with Gasteiger partial charge in [-0.3, -0.25) is 4.98 Å². The molecule has 4 rings (SSSR count). The first kappa shape index (κ1) is 15.8. The van der Waals surface area contributed by atoms with Crippen molar-refractivity contribution in [2.24, 2.45) is 0 Å². The number of piperidine rings is 1. The number of anilines is 1. The highest BCUT2D eigenvalue weighted by molar-refractivity contribution is 5.46. The summed E-state index contributed by atoms with van der Waals surface area (Å²) in [6, 6.07) is 10.2. The van der Waals surface area contributed by atoms with Gasteiger partial charge in [-0.25, -0.2) is 9.97 Å². The molecule has 5 heteroatoms. The van der Waals surface area contributed by atoms with E-state index in [9.17, 15) is 0 Å². The Morgan fingerprint density at radius 1 is 1.04 bits per heavy atom. The second-order valence-electron chi connectivity index (χ2n) is 6.66. The van der Waals surface area contributed by atoms with Gasteiger partial charge in [0.1, 0.15) is 11.6 Å². The van der Waals surface area contributed by atoms with Gasteiger partial charge in [0.15, 0.2) is 0 Å². The molecule has 0 N–H and O–H groups in total. The summed E-state index contributed by atoms with van der Waals surface area (Å²) in [5.41, 5.74) is 2.30. The van der Waals surface area contributed by atoms with Crippen LogP contribution in [0.4, 0.5) is 5.82 Å². The molecule has 0 amide bonds. The van der Waals surface area contributed by atoms with Gasteiger partial charge in [-0.15, -0.1) is 0 Å². The molecule has 0 bridgehead atoms. The third-order valence-electron chi connectivity index (χ3n) is 4.87. The van der Waals surface area contributed by atoms with Gasteiger partial charge in [-0.2, -0.15) is 0 Å². The number of nitrogens with zero attached hydrogens (tertiary/aromatic N) is 5. The first-order valence-corrected chi connectivity index (χ1v) is 8.89. The average molecular weight is 333 g/mol. The van der Waals surface area contributed by atoms with E-state index < -0.39 is 0 Å². The second kappa shape index (κ2) is 7.05. The first-order chi connectivity index (χ1) is 12.3. The number of hydrogen-bond donors (Lipinski definition) is 0. The number of pyridine rings is 2. The molecule has 0 unspecified atom stereocenters. The van der Waals surface area contributed by atoms with Crippen LogP contribution < -0.4 is 4.90 Å². The van der Waals surface area contributed by atoms with Gasteiger partial charge in [0.25, 0.3) is 0 Å². The summed E-state index contributed by atoms with van der Waals surface area (Å²) in [7, 11) is 0. The van der Waals surface area contributed by atoms with Gasteiger partial charge in [-0.05, 0) is 43.5 Å². The minimum Gasteiger partial charge on any atom is -0.356 e. The molecule has 1 aliphatic rings. The van der Waals surface area contributed by atoms with E-state index in [-0.39, 0.29) is 0 Å². The lowest BCUT2D eigenvalue weighted by Gasteiger charge is -2.34. The number of aryl methyl sites for hydroxylation is 1. The molecule has 128 valence electrons. The number of hydrogen-bond acceptors (Lipinski definition) is 4. The predicted molar refractivity (Wildman–Crippen MR) is 98.7 cm³/mol. The lowest BCUT2D eigenvalue weighted by molar-refractivity contribution is 0.473. The van der Waals surface area contributed by atoms with Gasteiger partial charge in [0, 0.05) is 43.8 Å². The highest BCUT2D eigenvalue weighted by atomic mass is 15.2. The van der Waals surface area contributed by atoms with Crippen molar-refractivity contribution in [3.63, 3.8) is 0 Å². The van der Waals surface area contributed by atoms with E-state index in [0.29, 0.717) is 5.92 Å². The summed E-state index contributed by atoms with van der Waals surface area (Å²) in [6.07, 6.45) is 10.0. The van der Waals surface area contributed by atoms with Crippen LogP contribution in [-0.4, -0.2) is 32.6 Å². The monoisotopic (exact) mass is 333 g/mol. The van der Waals surface area contributed by atoms with E-state index in [0.717, 1.165) is 43.4 Å². The second-order valence-corrected chi connectivity index (χ2v) is 6.66. The summed E-state index contributed by atoms with van der Waals surface area (Å²) in [5, 5.41) is 0. The van der Waals surface area contributed by atoms with Crippen LogP contribution in [0, 0.1) is 6.92 Å². The summed E-state index contributed by atoms with van der Waals surface area (Å²) in [5.74, 6) is 2.69. The lowest BCUT2D eigenvalue weighted by atomic mass is 9.96. The zero-order valence-electron chi connectivity index (χ0n) is 14.5. The van der Waals surface area contributed by atoms with Crippen LogP contribution in [0.5, 0.6) is 0 Å². The molecule has 3 aromatic rings. The zero-order valence-corrected chi connectivity index (χ0v) is 14.5. The molecule has 0 saturated carbocycles. The number of aromatic nitrogens is 4. The number of rotatable bonds is 4. The van der Waals surface area contributed by atoms with E-state index in [4.69, 9.17) is 0 Å². The fourth-order valence-corrected chi connectivity index (χ4v) is 3.67. The SMILES string of the molecule is Cc1cccnc1N1CCC[C@@H](c2nccn2Cc2ccccn2)C1. The fraction of sp³-hybridized carbons (Fsp3) is 0.350. The standard InChI is InChI=1S/C20H23N5/c1-16-6-4-10-22-19(16)24-12-5-7-17(14-24)20-23-11-13-25(20)15-18-8-2-3-9-21-18/h2-4,6,8-11,13,17H,5,7,12,14-15H2,1H3/t17-/m1/s1. The molecule has 1 aliphatic heterocycles. The number of imidazole rings is 1. The molecule has 1 saturated heterocycles. The summed E-state index contributed by atoms with van der Waals surface area (Å²) >= 11 is 0. The molecule has 0 spiro atoms. The summed E-state index contributed by atoms with van der Waals surface area (Å²) in [6.45, 7) is 4.94. The van der Waals surface area contributed by atoms with Gasteiger partial charge in [0.2, 0.25) is 0 Å². The summed E-state index contributed by atoms with van der Waals surface area (Å²) in [4.78, 5) is 16.1. The van der Waals surface area contributed by atoms with Crippen molar-refractivity contribution in [1.82, 2.24) is 19.5 Å². The molecule has 3 aromatic heterocycles. The van der Waals surface area contributed by atoms with Crippen LogP contribution >= 0.6 is 0 Å². The molecule has 0 radical (unpaired) electrons. The quantitative estimate of drug-likeness (QED) is 0.734. The third-order valence-corrected chi connectivity index (χ3v) is 4.87. The van der Waals surface area contributed by atoms with Gasteiger partial charge in [0.05, 0.1) is 12.2 Å². The third kappa shape index (κ3) is 3.40. The summed E-state index contributed by atoms with van der Waals surface area (Å²) < 4.78 is 2.24. The Balaban J connectivity index is 1.54. The van der Waals surface area contributed by atoms with Crippen LogP contribution in [0.3, 0.4) is 0 Å². The van der Waals surface area contributed by atoms with Crippen molar-refractivity contribution < 1.29 is 0 Å². The van der Waals surface area contributed by atoms with Crippen molar-refractivity contribution in [3.8, 4) is 0 Å². The Morgan fingerprint density at radius 2 is 1.96 bits per heavy atom. The Hall–Kier alpha value is -2.69. The maximum absolute atomic E-state index is 4.67. The maximum atomic E-state index is 4.67. The van der Waals surface area contributed by atoms with Crippen LogP contribution in [0.1, 0.15) is 35.8 Å².